The van der Waals surface area contributed by atoms with E-state index in [-0.39, 0.29) is 12.5 Å². The van der Waals surface area contributed by atoms with E-state index < -0.39 is 11.7 Å². The molecule has 0 bridgehead atoms. The predicted molar refractivity (Wildman–Crippen MR) is 111 cm³/mol. The maximum absolute atomic E-state index is 12.9. The average molecular weight is 421 g/mol. The Balaban J connectivity index is 2.26. The molecule has 0 saturated heterocycles. The number of ether oxygens (including phenoxy) is 1. The second kappa shape index (κ2) is 9.65. The van der Waals surface area contributed by atoms with Crippen LogP contribution in [0.3, 0.4) is 0 Å². The van der Waals surface area contributed by atoms with Gasteiger partial charge < -0.3 is 14.5 Å². The van der Waals surface area contributed by atoms with Gasteiger partial charge in [-0.15, -0.1) is 0 Å². The zero-order valence-corrected chi connectivity index (χ0v) is 17.7. The lowest BCUT2D eigenvalue weighted by atomic mass is 10.0. The Morgan fingerprint density at radius 3 is 2.50 bits per heavy atom. The first-order valence-corrected chi connectivity index (χ1v) is 9.41. The number of aliphatic imine (C=N–C) groups is 1. The summed E-state index contributed by atoms with van der Waals surface area (Å²) in [4.78, 5) is 20.6. The van der Waals surface area contributed by atoms with Crippen LogP contribution in [0.15, 0.2) is 41.4 Å². The summed E-state index contributed by atoms with van der Waals surface area (Å²) < 4.78 is 44.2. The van der Waals surface area contributed by atoms with Crippen LogP contribution in [0.25, 0.3) is 0 Å². The van der Waals surface area contributed by atoms with Crippen LogP contribution in [0.4, 0.5) is 18.9 Å². The molecule has 0 aromatic heterocycles. The van der Waals surface area contributed by atoms with Crippen molar-refractivity contribution in [2.75, 3.05) is 27.7 Å². The van der Waals surface area contributed by atoms with Gasteiger partial charge >= 0.3 is 6.18 Å². The van der Waals surface area contributed by atoms with Crippen LogP contribution in [-0.2, 0) is 12.7 Å². The van der Waals surface area contributed by atoms with E-state index in [1.54, 1.807) is 38.5 Å². The molecule has 0 N–H and O–H groups in total. The summed E-state index contributed by atoms with van der Waals surface area (Å²) in [6.07, 6.45) is -2.75. The first-order chi connectivity index (χ1) is 14.1. The topological polar surface area (TPSA) is 45.1 Å². The van der Waals surface area contributed by atoms with Crippen LogP contribution in [0.1, 0.15) is 34.0 Å². The Morgan fingerprint density at radius 1 is 1.20 bits per heavy atom. The third kappa shape index (κ3) is 5.75. The van der Waals surface area contributed by atoms with E-state index in [1.165, 1.54) is 18.1 Å². The van der Waals surface area contributed by atoms with Crippen LogP contribution in [0.5, 0.6) is 5.75 Å². The Kier molecular flexibility index (Phi) is 7.48. The van der Waals surface area contributed by atoms with Gasteiger partial charge in [0.2, 0.25) is 0 Å². The minimum absolute atomic E-state index is 0.0473. The lowest BCUT2D eigenvalue weighted by molar-refractivity contribution is -0.137. The number of hydrogen-bond donors (Lipinski definition) is 0. The molecular formula is C22H26F3N3O2. The summed E-state index contributed by atoms with van der Waals surface area (Å²) in [5.74, 6) is 0.126. The van der Waals surface area contributed by atoms with Crippen molar-refractivity contribution in [3.63, 3.8) is 0 Å². The summed E-state index contributed by atoms with van der Waals surface area (Å²) in [6, 6.07) is 8.33. The fourth-order valence-corrected chi connectivity index (χ4v) is 2.81. The summed E-state index contributed by atoms with van der Waals surface area (Å²) in [6.45, 7) is 4.62. The van der Waals surface area contributed by atoms with Crippen molar-refractivity contribution in [3.8, 4) is 5.75 Å². The van der Waals surface area contributed by atoms with Crippen molar-refractivity contribution < 1.29 is 22.7 Å². The smallest absolute Gasteiger partial charge is 0.416 e. The van der Waals surface area contributed by atoms with Gasteiger partial charge in [-0.25, -0.2) is 4.99 Å². The molecule has 0 fully saturated rings. The molecule has 0 unspecified atom stereocenters. The quantitative estimate of drug-likeness (QED) is 0.472. The highest BCUT2D eigenvalue weighted by Gasteiger charge is 2.30. The van der Waals surface area contributed by atoms with Crippen molar-refractivity contribution in [3.05, 3.63) is 58.7 Å². The molecule has 0 saturated carbocycles. The molecule has 2 aromatic rings. The fourth-order valence-electron chi connectivity index (χ4n) is 2.81. The maximum atomic E-state index is 12.9. The van der Waals surface area contributed by atoms with Gasteiger partial charge in [0.25, 0.3) is 5.91 Å². The van der Waals surface area contributed by atoms with Gasteiger partial charge in [-0.1, -0.05) is 12.1 Å². The van der Waals surface area contributed by atoms with Gasteiger partial charge in [-0.05, 0) is 49.2 Å². The van der Waals surface area contributed by atoms with Gasteiger partial charge in [0.05, 0.1) is 19.0 Å². The zero-order valence-electron chi connectivity index (χ0n) is 17.7. The molecule has 0 aliphatic heterocycles. The lowest BCUT2D eigenvalue weighted by Gasteiger charge is -2.20. The Hall–Kier alpha value is -3.03. The van der Waals surface area contributed by atoms with E-state index >= 15 is 0 Å². The van der Waals surface area contributed by atoms with Gasteiger partial charge in [0, 0.05) is 32.7 Å². The van der Waals surface area contributed by atoms with Crippen molar-refractivity contribution in [1.29, 1.82) is 0 Å². The molecular weight excluding hydrogens is 395 g/mol. The Labute approximate surface area is 174 Å². The number of aryl methyl sites for hydroxylation is 1. The third-order valence-electron chi connectivity index (χ3n) is 4.67. The lowest BCUT2D eigenvalue weighted by Crippen LogP contribution is -2.27. The van der Waals surface area contributed by atoms with Gasteiger partial charge in [-0.2, -0.15) is 13.2 Å². The second-order valence-electron chi connectivity index (χ2n) is 7.02. The monoisotopic (exact) mass is 421 g/mol. The van der Waals surface area contributed by atoms with Crippen molar-refractivity contribution in [2.24, 2.45) is 4.99 Å². The Bertz CT molecular complexity index is 926. The van der Waals surface area contributed by atoms with Crippen LogP contribution < -0.4 is 4.74 Å². The standard InChI is InChI=1S/C22H26F3N3O2/c1-6-27(3)14-26-19-10-15(2)18(12-20(19)30-5)21(29)28(4)13-16-8-7-9-17(11-16)22(23,24)25/h7-12,14H,6,13H2,1-5H3. The number of carbonyl (C=O) groups is 1. The molecule has 162 valence electrons. The average Bonchev–Trinajstić information content (AvgIpc) is 2.71. The zero-order chi connectivity index (χ0) is 22.5. The molecule has 1 amide bonds. The van der Waals surface area contributed by atoms with E-state index in [0.29, 0.717) is 28.1 Å². The number of amides is 1. The summed E-state index contributed by atoms with van der Waals surface area (Å²) >= 11 is 0. The third-order valence-corrected chi connectivity index (χ3v) is 4.67. The molecule has 0 radical (unpaired) electrons. The van der Waals surface area contributed by atoms with E-state index in [0.717, 1.165) is 18.7 Å². The summed E-state index contributed by atoms with van der Waals surface area (Å²) in [5, 5.41) is 0. The Morgan fingerprint density at radius 2 is 1.90 bits per heavy atom. The number of methoxy groups -OCH3 is 1. The molecule has 0 aliphatic carbocycles. The number of carbonyl (C=O) groups excluding carboxylic acids is 1. The fraction of sp³-hybridized carbons (Fsp3) is 0.364. The van der Waals surface area contributed by atoms with Crippen molar-refractivity contribution in [2.45, 2.75) is 26.6 Å². The maximum Gasteiger partial charge on any atom is 0.416 e. The number of alkyl halides is 3. The normalized spacial score (nSPS) is 11.6. The summed E-state index contributed by atoms with van der Waals surface area (Å²) in [7, 11) is 4.94. The van der Waals surface area contributed by atoms with Crippen LogP contribution in [0.2, 0.25) is 0 Å². The minimum atomic E-state index is -4.43. The van der Waals surface area contributed by atoms with Gasteiger partial charge in [0.15, 0.2) is 0 Å². The SMILES string of the molecule is CCN(C)C=Nc1cc(C)c(C(=O)N(C)Cc2cccc(C(F)(F)F)c2)cc1OC. The second-order valence-corrected chi connectivity index (χ2v) is 7.02. The number of hydrogen-bond acceptors (Lipinski definition) is 3. The van der Waals surface area contributed by atoms with Crippen LogP contribution in [0, 0.1) is 6.92 Å². The molecule has 5 nitrogen and oxygen atoms in total. The van der Waals surface area contributed by atoms with E-state index in [2.05, 4.69) is 4.99 Å². The van der Waals surface area contributed by atoms with E-state index in [9.17, 15) is 18.0 Å². The van der Waals surface area contributed by atoms with E-state index in [1.807, 2.05) is 18.9 Å². The molecule has 0 atom stereocenters. The van der Waals surface area contributed by atoms with Gasteiger partial charge in [-0.3, -0.25) is 4.79 Å². The highest BCUT2D eigenvalue weighted by atomic mass is 19.4. The minimum Gasteiger partial charge on any atom is -0.494 e. The van der Waals surface area contributed by atoms with Gasteiger partial charge in [0.1, 0.15) is 11.4 Å². The number of halogens is 3. The van der Waals surface area contributed by atoms with E-state index in [4.69, 9.17) is 4.74 Å². The molecule has 30 heavy (non-hydrogen) atoms. The highest BCUT2D eigenvalue weighted by Crippen LogP contribution is 2.32. The molecule has 0 heterocycles. The number of benzene rings is 2. The van der Waals surface area contributed by atoms with Crippen LogP contribution >= 0.6 is 0 Å². The first kappa shape index (κ1) is 23.3. The number of rotatable bonds is 7. The van der Waals surface area contributed by atoms with Crippen molar-refractivity contribution in [1.82, 2.24) is 9.80 Å². The first-order valence-electron chi connectivity index (χ1n) is 9.41. The predicted octanol–water partition coefficient (Wildman–Crippen LogP) is 4.91. The number of nitrogens with zero attached hydrogens (tertiary/aromatic N) is 3. The molecule has 0 aliphatic rings. The molecule has 8 heteroatoms. The highest BCUT2D eigenvalue weighted by molar-refractivity contribution is 5.96. The van der Waals surface area contributed by atoms with Crippen LogP contribution in [-0.4, -0.2) is 49.8 Å². The molecule has 2 aromatic carbocycles. The molecule has 2 rings (SSSR count). The largest absolute Gasteiger partial charge is 0.494 e. The molecule has 0 spiro atoms. The van der Waals surface area contributed by atoms with Crippen molar-refractivity contribution >= 4 is 17.9 Å². The summed E-state index contributed by atoms with van der Waals surface area (Å²) in [5.41, 5.74) is 1.35.